The van der Waals surface area contributed by atoms with Gasteiger partial charge in [-0.05, 0) is 58.8 Å². The van der Waals surface area contributed by atoms with E-state index in [9.17, 15) is 4.79 Å². The van der Waals surface area contributed by atoms with E-state index in [2.05, 4.69) is 19.0 Å². The van der Waals surface area contributed by atoms with Gasteiger partial charge < -0.3 is 19.3 Å². The van der Waals surface area contributed by atoms with Crippen molar-refractivity contribution in [2.24, 2.45) is 0 Å². The SMILES string of the molecule is Cc1ccc(OCC(=O)N2CC[C@]3(CCC[C@H](CN(C)C)O3)C2)cc1. The molecule has 0 radical (unpaired) electrons. The zero-order chi connectivity index (χ0) is 17.9. The average Bonchev–Trinajstić information content (AvgIpc) is 2.97. The number of carbonyl (C=O) groups is 1. The van der Waals surface area contributed by atoms with E-state index in [0.29, 0.717) is 6.54 Å². The molecule has 2 saturated heterocycles. The zero-order valence-electron chi connectivity index (χ0n) is 15.7. The lowest BCUT2D eigenvalue weighted by Gasteiger charge is -2.39. The highest BCUT2D eigenvalue weighted by Gasteiger charge is 2.44. The fourth-order valence-corrected chi connectivity index (χ4v) is 3.89. The van der Waals surface area contributed by atoms with Gasteiger partial charge >= 0.3 is 0 Å². The number of hydrogen-bond donors (Lipinski definition) is 0. The summed E-state index contributed by atoms with van der Waals surface area (Å²) in [6.45, 7) is 4.55. The van der Waals surface area contributed by atoms with Gasteiger partial charge in [0.1, 0.15) is 5.75 Å². The number of likely N-dealkylation sites (N-methyl/N-ethyl adjacent to an activating group) is 1. The molecule has 0 aliphatic carbocycles. The Balaban J connectivity index is 1.51. The van der Waals surface area contributed by atoms with Gasteiger partial charge in [-0.2, -0.15) is 0 Å². The lowest BCUT2D eigenvalue weighted by atomic mass is 9.90. The largest absolute Gasteiger partial charge is 0.484 e. The molecule has 25 heavy (non-hydrogen) atoms. The quantitative estimate of drug-likeness (QED) is 0.821. The fraction of sp³-hybridized carbons (Fsp3) is 0.650. The molecule has 1 spiro atoms. The Kier molecular flexibility index (Phi) is 5.64. The molecule has 1 aromatic carbocycles. The summed E-state index contributed by atoms with van der Waals surface area (Å²) < 4.78 is 12.1. The van der Waals surface area contributed by atoms with Crippen LogP contribution >= 0.6 is 0 Å². The predicted octanol–water partition coefficient (Wildman–Crippen LogP) is 2.48. The highest BCUT2D eigenvalue weighted by molar-refractivity contribution is 5.78. The number of benzene rings is 1. The van der Waals surface area contributed by atoms with Crippen LogP contribution in [0.1, 0.15) is 31.2 Å². The number of likely N-dealkylation sites (tertiary alicyclic amines) is 1. The maximum absolute atomic E-state index is 12.5. The molecular weight excluding hydrogens is 316 g/mol. The number of nitrogens with zero attached hydrogens (tertiary/aromatic N) is 2. The van der Waals surface area contributed by atoms with E-state index in [4.69, 9.17) is 9.47 Å². The number of rotatable bonds is 5. The van der Waals surface area contributed by atoms with Gasteiger partial charge in [-0.3, -0.25) is 4.79 Å². The molecule has 5 heteroatoms. The van der Waals surface area contributed by atoms with E-state index in [0.717, 1.165) is 38.1 Å². The molecule has 2 heterocycles. The average molecular weight is 346 g/mol. The van der Waals surface area contributed by atoms with Crippen LogP contribution in [0.25, 0.3) is 0 Å². The van der Waals surface area contributed by atoms with E-state index < -0.39 is 0 Å². The maximum Gasteiger partial charge on any atom is 0.260 e. The molecule has 5 nitrogen and oxygen atoms in total. The Hall–Kier alpha value is -1.59. The van der Waals surface area contributed by atoms with E-state index in [1.54, 1.807) is 0 Å². The van der Waals surface area contributed by atoms with Crippen LogP contribution in [0, 0.1) is 6.92 Å². The van der Waals surface area contributed by atoms with E-state index in [-0.39, 0.29) is 24.2 Å². The van der Waals surface area contributed by atoms with Crippen molar-refractivity contribution >= 4 is 5.91 Å². The first-order chi connectivity index (χ1) is 12.0. The molecule has 0 aromatic heterocycles. The third kappa shape index (κ3) is 4.73. The number of amides is 1. The van der Waals surface area contributed by atoms with Gasteiger partial charge in [0.15, 0.2) is 6.61 Å². The van der Waals surface area contributed by atoms with Crippen LogP contribution in [-0.2, 0) is 9.53 Å². The Morgan fingerprint density at radius 2 is 2.08 bits per heavy atom. The van der Waals surface area contributed by atoms with Gasteiger partial charge in [0.05, 0.1) is 11.7 Å². The van der Waals surface area contributed by atoms with Crippen LogP contribution in [0.15, 0.2) is 24.3 Å². The van der Waals surface area contributed by atoms with Crippen molar-refractivity contribution in [2.75, 3.05) is 40.3 Å². The zero-order valence-corrected chi connectivity index (χ0v) is 15.7. The number of aryl methyl sites for hydroxylation is 1. The lowest BCUT2D eigenvalue weighted by Crippen LogP contribution is -2.47. The van der Waals surface area contributed by atoms with Crippen molar-refractivity contribution in [1.82, 2.24) is 9.80 Å². The van der Waals surface area contributed by atoms with Crippen LogP contribution in [-0.4, -0.2) is 67.7 Å². The third-order valence-corrected chi connectivity index (χ3v) is 5.20. The minimum absolute atomic E-state index is 0.0517. The molecule has 0 saturated carbocycles. The molecule has 1 aromatic rings. The van der Waals surface area contributed by atoms with Crippen LogP contribution in [0.3, 0.4) is 0 Å². The summed E-state index contributed by atoms with van der Waals surface area (Å²) in [6.07, 6.45) is 4.57. The summed E-state index contributed by atoms with van der Waals surface area (Å²) in [7, 11) is 4.16. The number of ether oxygens (including phenoxy) is 2. The normalized spacial score (nSPS) is 26.4. The molecule has 0 N–H and O–H groups in total. The molecule has 2 atom stereocenters. The summed E-state index contributed by atoms with van der Waals surface area (Å²) in [6, 6.07) is 7.80. The van der Waals surface area contributed by atoms with Gasteiger partial charge in [-0.25, -0.2) is 0 Å². The summed E-state index contributed by atoms with van der Waals surface area (Å²) in [4.78, 5) is 16.6. The molecule has 0 unspecified atom stereocenters. The maximum atomic E-state index is 12.5. The predicted molar refractivity (Wildman–Crippen MR) is 97.9 cm³/mol. The van der Waals surface area contributed by atoms with Gasteiger partial charge in [0.2, 0.25) is 0 Å². The summed E-state index contributed by atoms with van der Waals surface area (Å²) in [5, 5.41) is 0. The van der Waals surface area contributed by atoms with Gasteiger partial charge in [0.25, 0.3) is 5.91 Å². The Bertz CT molecular complexity index is 587. The first-order valence-electron chi connectivity index (χ1n) is 9.26. The molecule has 138 valence electrons. The van der Waals surface area contributed by atoms with Gasteiger partial charge in [-0.15, -0.1) is 0 Å². The Morgan fingerprint density at radius 1 is 1.32 bits per heavy atom. The Morgan fingerprint density at radius 3 is 2.80 bits per heavy atom. The van der Waals surface area contributed by atoms with Crippen molar-refractivity contribution in [3.05, 3.63) is 29.8 Å². The molecule has 1 amide bonds. The minimum Gasteiger partial charge on any atom is -0.484 e. The van der Waals surface area contributed by atoms with Crippen molar-refractivity contribution in [3.63, 3.8) is 0 Å². The molecular formula is C20H30N2O3. The van der Waals surface area contributed by atoms with Crippen LogP contribution in [0.4, 0.5) is 0 Å². The van der Waals surface area contributed by atoms with Crippen molar-refractivity contribution < 1.29 is 14.3 Å². The van der Waals surface area contributed by atoms with E-state index >= 15 is 0 Å². The van der Waals surface area contributed by atoms with Crippen molar-refractivity contribution in [3.8, 4) is 5.75 Å². The van der Waals surface area contributed by atoms with Gasteiger partial charge in [-0.1, -0.05) is 17.7 Å². The van der Waals surface area contributed by atoms with E-state index in [1.807, 2.05) is 36.1 Å². The highest BCUT2D eigenvalue weighted by Crippen LogP contribution is 2.36. The molecule has 2 fully saturated rings. The first-order valence-corrected chi connectivity index (χ1v) is 9.26. The third-order valence-electron chi connectivity index (χ3n) is 5.20. The van der Waals surface area contributed by atoms with Gasteiger partial charge in [0, 0.05) is 19.6 Å². The second-order valence-electron chi connectivity index (χ2n) is 7.74. The number of hydrogen-bond acceptors (Lipinski definition) is 4. The topological polar surface area (TPSA) is 42.0 Å². The van der Waals surface area contributed by atoms with E-state index in [1.165, 1.54) is 12.0 Å². The number of carbonyl (C=O) groups excluding carboxylic acids is 1. The van der Waals surface area contributed by atoms with Crippen LogP contribution < -0.4 is 4.74 Å². The molecule has 2 aliphatic heterocycles. The minimum atomic E-state index is -0.140. The molecule has 2 aliphatic rings. The summed E-state index contributed by atoms with van der Waals surface area (Å²) in [5.41, 5.74) is 1.04. The second kappa shape index (κ2) is 7.75. The Labute approximate surface area is 150 Å². The van der Waals surface area contributed by atoms with Crippen LogP contribution in [0.5, 0.6) is 5.75 Å². The summed E-state index contributed by atoms with van der Waals surface area (Å²) in [5.74, 6) is 0.795. The summed E-state index contributed by atoms with van der Waals surface area (Å²) >= 11 is 0. The smallest absolute Gasteiger partial charge is 0.260 e. The first kappa shape index (κ1) is 18.2. The molecule has 3 rings (SSSR count). The monoisotopic (exact) mass is 346 g/mol. The highest BCUT2D eigenvalue weighted by atomic mass is 16.5. The fourth-order valence-electron chi connectivity index (χ4n) is 3.89. The standard InChI is InChI=1S/C20H30N2O3/c1-16-6-8-17(9-7-16)24-14-19(23)22-12-11-20(15-22)10-4-5-18(25-20)13-21(2)3/h6-9,18H,4-5,10-15H2,1-3H3/t18-,20-/m1/s1. The second-order valence-corrected chi connectivity index (χ2v) is 7.74. The van der Waals surface area contributed by atoms with Crippen LogP contribution in [0.2, 0.25) is 0 Å². The van der Waals surface area contributed by atoms with Crippen molar-refractivity contribution in [2.45, 2.75) is 44.3 Å². The lowest BCUT2D eigenvalue weighted by molar-refractivity contribution is -0.141. The van der Waals surface area contributed by atoms with Crippen molar-refractivity contribution in [1.29, 1.82) is 0 Å². The molecule has 0 bridgehead atoms.